The van der Waals surface area contributed by atoms with Gasteiger partial charge in [0, 0.05) is 32.7 Å². The van der Waals surface area contributed by atoms with Gasteiger partial charge in [-0.1, -0.05) is 49.4 Å². The molecular weight excluding hydrogens is 367 g/mol. The van der Waals surface area contributed by atoms with Gasteiger partial charge < -0.3 is 4.90 Å². The first kappa shape index (κ1) is 19.5. The number of nitrogens with zero attached hydrogens (tertiary/aromatic N) is 6. The van der Waals surface area contributed by atoms with E-state index >= 15 is 0 Å². The summed E-state index contributed by atoms with van der Waals surface area (Å²) < 4.78 is 16.0. The van der Waals surface area contributed by atoms with Crippen molar-refractivity contribution in [2.75, 3.05) is 31.1 Å². The Balaban J connectivity index is 1.41. The number of para-hydroxylation sites is 1. The standard InChI is InChI=1S/C22H27FN6/c1-2-20(22-24-25-26-29(22)13-12-18-8-4-3-5-9-18)27-14-16-28(17-15-27)21-11-7-6-10-19(21)23/h3-11,20H,2,12-17H2,1H3/t20-/m1/s1. The van der Waals surface area contributed by atoms with E-state index in [4.69, 9.17) is 0 Å². The minimum Gasteiger partial charge on any atom is -0.367 e. The van der Waals surface area contributed by atoms with Crippen LogP contribution in [0.5, 0.6) is 0 Å². The van der Waals surface area contributed by atoms with Gasteiger partial charge in [0.05, 0.1) is 11.7 Å². The van der Waals surface area contributed by atoms with Gasteiger partial charge in [-0.15, -0.1) is 5.10 Å². The molecule has 152 valence electrons. The van der Waals surface area contributed by atoms with Gasteiger partial charge in [0.1, 0.15) is 5.82 Å². The summed E-state index contributed by atoms with van der Waals surface area (Å²) in [5, 5.41) is 12.5. The van der Waals surface area contributed by atoms with Crippen LogP contribution in [0.2, 0.25) is 0 Å². The zero-order valence-electron chi connectivity index (χ0n) is 16.8. The van der Waals surface area contributed by atoms with Crippen molar-refractivity contribution < 1.29 is 4.39 Å². The fraction of sp³-hybridized carbons (Fsp3) is 0.409. The summed E-state index contributed by atoms with van der Waals surface area (Å²) in [5.74, 6) is 0.764. The van der Waals surface area contributed by atoms with Crippen LogP contribution in [-0.4, -0.2) is 51.3 Å². The summed E-state index contributed by atoms with van der Waals surface area (Å²) in [7, 11) is 0. The number of anilines is 1. The monoisotopic (exact) mass is 394 g/mol. The minimum atomic E-state index is -0.155. The average molecular weight is 394 g/mol. The summed E-state index contributed by atoms with van der Waals surface area (Å²) >= 11 is 0. The third-order valence-corrected chi connectivity index (χ3v) is 5.65. The first-order valence-electron chi connectivity index (χ1n) is 10.3. The lowest BCUT2D eigenvalue weighted by Gasteiger charge is -2.39. The second kappa shape index (κ2) is 9.13. The molecule has 1 fully saturated rings. The van der Waals surface area contributed by atoms with Gasteiger partial charge >= 0.3 is 0 Å². The van der Waals surface area contributed by atoms with E-state index in [0.29, 0.717) is 5.69 Å². The maximum absolute atomic E-state index is 14.1. The van der Waals surface area contributed by atoms with Gasteiger partial charge in [0.2, 0.25) is 0 Å². The topological polar surface area (TPSA) is 50.1 Å². The van der Waals surface area contributed by atoms with Gasteiger partial charge in [-0.2, -0.15) is 0 Å². The lowest BCUT2D eigenvalue weighted by atomic mass is 10.1. The highest BCUT2D eigenvalue weighted by molar-refractivity contribution is 5.48. The van der Waals surface area contributed by atoms with Crippen LogP contribution in [0.3, 0.4) is 0 Å². The van der Waals surface area contributed by atoms with E-state index in [-0.39, 0.29) is 11.9 Å². The molecule has 1 aliphatic rings. The third kappa shape index (κ3) is 4.45. The predicted molar refractivity (Wildman–Crippen MR) is 111 cm³/mol. The van der Waals surface area contributed by atoms with Crippen LogP contribution in [-0.2, 0) is 13.0 Å². The number of tetrazole rings is 1. The van der Waals surface area contributed by atoms with E-state index in [1.165, 1.54) is 11.6 Å². The SMILES string of the molecule is CC[C@H](c1nnnn1CCc1ccccc1)N1CCN(c2ccccc2F)CC1. The Morgan fingerprint density at radius 2 is 1.69 bits per heavy atom. The molecule has 2 heterocycles. The van der Waals surface area contributed by atoms with Crippen LogP contribution >= 0.6 is 0 Å². The predicted octanol–water partition coefficient (Wildman–Crippen LogP) is 3.33. The Hall–Kier alpha value is -2.80. The van der Waals surface area contributed by atoms with Gasteiger partial charge in [-0.25, -0.2) is 9.07 Å². The summed E-state index contributed by atoms with van der Waals surface area (Å²) in [6, 6.07) is 17.6. The van der Waals surface area contributed by atoms with Crippen molar-refractivity contribution in [2.45, 2.75) is 32.4 Å². The largest absolute Gasteiger partial charge is 0.367 e. The zero-order chi connectivity index (χ0) is 20.1. The third-order valence-electron chi connectivity index (χ3n) is 5.65. The molecule has 0 spiro atoms. The molecule has 1 atom stereocenters. The Bertz CT molecular complexity index is 904. The zero-order valence-corrected chi connectivity index (χ0v) is 16.8. The van der Waals surface area contributed by atoms with Crippen LogP contribution in [0, 0.1) is 5.82 Å². The van der Waals surface area contributed by atoms with Gasteiger partial charge in [0.25, 0.3) is 0 Å². The second-order valence-corrected chi connectivity index (χ2v) is 7.39. The Morgan fingerprint density at radius 3 is 2.41 bits per heavy atom. The Morgan fingerprint density at radius 1 is 0.966 bits per heavy atom. The number of piperazine rings is 1. The molecule has 0 N–H and O–H groups in total. The molecule has 0 amide bonds. The molecule has 1 aliphatic heterocycles. The van der Waals surface area contributed by atoms with E-state index in [1.54, 1.807) is 6.07 Å². The van der Waals surface area contributed by atoms with Crippen molar-refractivity contribution in [1.29, 1.82) is 0 Å². The average Bonchev–Trinajstić information content (AvgIpc) is 3.23. The molecule has 4 rings (SSSR count). The number of rotatable bonds is 7. The maximum atomic E-state index is 14.1. The molecule has 0 aliphatic carbocycles. The molecule has 0 unspecified atom stereocenters. The fourth-order valence-electron chi connectivity index (χ4n) is 4.08. The molecule has 1 saturated heterocycles. The number of benzene rings is 2. The molecule has 3 aromatic rings. The van der Waals surface area contributed by atoms with E-state index < -0.39 is 0 Å². The van der Waals surface area contributed by atoms with Crippen LogP contribution < -0.4 is 4.90 Å². The van der Waals surface area contributed by atoms with Gasteiger partial charge in [-0.3, -0.25) is 4.90 Å². The Labute approximate surface area is 170 Å². The molecule has 2 aromatic carbocycles. The maximum Gasteiger partial charge on any atom is 0.168 e. The minimum absolute atomic E-state index is 0.155. The summed E-state index contributed by atoms with van der Waals surface area (Å²) in [4.78, 5) is 4.54. The van der Waals surface area contributed by atoms with Gasteiger partial charge in [-0.05, 0) is 41.0 Å². The summed E-state index contributed by atoms with van der Waals surface area (Å²) in [6.07, 6.45) is 1.84. The molecule has 7 heteroatoms. The highest BCUT2D eigenvalue weighted by Gasteiger charge is 2.28. The van der Waals surface area contributed by atoms with Crippen molar-refractivity contribution in [2.24, 2.45) is 0 Å². The lowest BCUT2D eigenvalue weighted by Crippen LogP contribution is -2.48. The lowest BCUT2D eigenvalue weighted by molar-refractivity contribution is 0.169. The molecule has 0 radical (unpaired) electrons. The fourth-order valence-corrected chi connectivity index (χ4v) is 4.08. The number of halogens is 1. The molecule has 0 bridgehead atoms. The summed E-state index contributed by atoms with van der Waals surface area (Å²) in [6.45, 7) is 6.24. The summed E-state index contributed by atoms with van der Waals surface area (Å²) in [5.41, 5.74) is 1.97. The number of aryl methyl sites for hydroxylation is 2. The van der Waals surface area contributed by atoms with Crippen molar-refractivity contribution >= 4 is 5.69 Å². The van der Waals surface area contributed by atoms with Crippen LogP contribution in [0.1, 0.15) is 30.8 Å². The van der Waals surface area contributed by atoms with Crippen molar-refractivity contribution in [1.82, 2.24) is 25.1 Å². The van der Waals surface area contributed by atoms with Crippen molar-refractivity contribution in [3.05, 3.63) is 71.8 Å². The first-order chi connectivity index (χ1) is 14.3. The van der Waals surface area contributed by atoms with E-state index in [1.807, 2.05) is 22.9 Å². The van der Waals surface area contributed by atoms with E-state index in [2.05, 4.69) is 56.5 Å². The van der Waals surface area contributed by atoms with E-state index in [0.717, 1.165) is 51.4 Å². The highest BCUT2D eigenvalue weighted by atomic mass is 19.1. The Kier molecular flexibility index (Phi) is 6.14. The van der Waals surface area contributed by atoms with Crippen molar-refractivity contribution in [3.63, 3.8) is 0 Å². The first-order valence-corrected chi connectivity index (χ1v) is 10.3. The quantitative estimate of drug-likeness (QED) is 0.615. The number of aromatic nitrogens is 4. The molecule has 29 heavy (non-hydrogen) atoms. The van der Waals surface area contributed by atoms with Gasteiger partial charge in [0.15, 0.2) is 5.82 Å². The number of hydrogen-bond acceptors (Lipinski definition) is 5. The number of hydrogen-bond donors (Lipinski definition) is 0. The smallest absolute Gasteiger partial charge is 0.168 e. The van der Waals surface area contributed by atoms with Crippen LogP contribution in [0.25, 0.3) is 0 Å². The second-order valence-electron chi connectivity index (χ2n) is 7.39. The van der Waals surface area contributed by atoms with Crippen LogP contribution in [0.15, 0.2) is 54.6 Å². The van der Waals surface area contributed by atoms with Crippen LogP contribution in [0.4, 0.5) is 10.1 Å². The molecular formula is C22H27FN6. The molecule has 6 nitrogen and oxygen atoms in total. The normalized spacial score (nSPS) is 16.1. The highest BCUT2D eigenvalue weighted by Crippen LogP contribution is 2.26. The van der Waals surface area contributed by atoms with Crippen molar-refractivity contribution in [3.8, 4) is 0 Å². The van der Waals surface area contributed by atoms with E-state index in [9.17, 15) is 4.39 Å². The molecule has 1 aromatic heterocycles. The molecule has 0 saturated carbocycles.